The predicted molar refractivity (Wildman–Crippen MR) is 112 cm³/mol. The van der Waals surface area contributed by atoms with Crippen molar-refractivity contribution in [3.8, 4) is 5.69 Å². The molecule has 2 aromatic carbocycles. The molecule has 5 rings (SSSR count). The SMILES string of the molecule is O=C(c1cnn(-c2ccccc2)n1)N1CCN(Cc2nc3ccccc3s2)CC1. The highest BCUT2D eigenvalue weighted by Gasteiger charge is 2.24. The number of carbonyl (C=O) groups is 1. The monoisotopic (exact) mass is 404 g/mol. The lowest BCUT2D eigenvalue weighted by Crippen LogP contribution is -2.48. The van der Waals surface area contributed by atoms with Crippen molar-refractivity contribution in [1.82, 2.24) is 29.8 Å². The van der Waals surface area contributed by atoms with E-state index in [2.05, 4.69) is 27.2 Å². The molecule has 0 aliphatic carbocycles. The van der Waals surface area contributed by atoms with Crippen LogP contribution in [0.2, 0.25) is 0 Å². The molecule has 3 heterocycles. The lowest BCUT2D eigenvalue weighted by Gasteiger charge is -2.33. The Morgan fingerprint density at radius 1 is 0.966 bits per heavy atom. The quantitative estimate of drug-likeness (QED) is 0.523. The molecule has 7 nitrogen and oxygen atoms in total. The van der Waals surface area contributed by atoms with Crippen molar-refractivity contribution in [2.24, 2.45) is 0 Å². The maximum Gasteiger partial charge on any atom is 0.276 e. The van der Waals surface area contributed by atoms with Gasteiger partial charge in [0.1, 0.15) is 5.01 Å². The highest BCUT2D eigenvalue weighted by atomic mass is 32.1. The van der Waals surface area contributed by atoms with Gasteiger partial charge in [-0.25, -0.2) is 4.98 Å². The Labute approximate surface area is 172 Å². The number of carbonyl (C=O) groups excluding carboxylic acids is 1. The van der Waals surface area contributed by atoms with E-state index in [1.54, 1.807) is 17.5 Å². The van der Waals surface area contributed by atoms with Crippen molar-refractivity contribution in [3.63, 3.8) is 0 Å². The fraction of sp³-hybridized carbons (Fsp3) is 0.238. The Morgan fingerprint density at radius 3 is 2.52 bits per heavy atom. The molecule has 1 saturated heterocycles. The minimum atomic E-state index is -0.0631. The lowest BCUT2D eigenvalue weighted by molar-refractivity contribution is 0.0622. The second kappa shape index (κ2) is 7.73. The molecule has 0 spiro atoms. The van der Waals surface area contributed by atoms with Gasteiger partial charge in [0.05, 0.1) is 28.6 Å². The van der Waals surface area contributed by atoms with Gasteiger partial charge in [-0.15, -0.1) is 16.4 Å². The average Bonchev–Trinajstić information content (AvgIpc) is 3.41. The maximum absolute atomic E-state index is 12.8. The standard InChI is InChI=1S/C21H20N6OS/c28-21(18-14-22-27(24-18)16-6-2-1-3-7-16)26-12-10-25(11-13-26)15-20-23-17-8-4-5-9-19(17)29-20/h1-9,14H,10-13,15H2. The van der Waals surface area contributed by atoms with Crippen molar-refractivity contribution in [2.45, 2.75) is 6.54 Å². The highest BCUT2D eigenvalue weighted by molar-refractivity contribution is 7.18. The fourth-order valence-corrected chi connectivity index (χ4v) is 4.51. The first kappa shape index (κ1) is 18.0. The molecule has 29 heavy (non-hydrogen) atoms. The third kappa shape index (κ3) is 3.76. The van der Waals surface area contributed by atoms with Crippen LogP contribution in [0.5, 0.6) is 0 Å². The van der Waals surface area contributed by atoms with Crippen LogP contribution in [0, 0.1) is 0 Å². The number of hydrogen-bond acceptors (Lipinski definition) is 6. The van der Waals surface area contributed by atoms with E-state index in [0.717, 1.165) is 35.8 Å². The first-order chi connectivity index (χ1) is 14.3. The number of fused-ring (bicyclic) bond motifs is 1. The summed E-state index contributed by atoms with van der Waals surface area (Å²) in [5, 5.41) is 9.72. The molecular weight excluding hydrogens is 384 g/mol. The molecule has 1 fully saturated rings. The third-order valence-corrected chi connectivity index (χ3v) is 6.08. The van der Waals surface area contributed by atoms with Crippen LogP contribution >= 0.6 is 11.3 Å². The van der Waals surface area contributed by atoms with Crippen LogP contribution in [0.15, 0.2) is 60.8 Å². The highest BCUT2D eigenvalue weighted by Crippen LogP contribution is 2.23. The number of thiazole rings is 1. The van der Waals surface area contributed by atoms with Crippen LogP contribution < -0.4 is 0 Å². The van der Waals surface area contributed by atoms with Gasteiger partial charge in [0.2, 0.25) is 0 Å². The summed E-state index contributed by atoms with van der Waals surface area (Å²) in [5.41, 5.74) is 2.28. The second-order valence-corrected chi connectivity index (χ2v) is 8.11. The topological polar surface area (TPSA) is 67.2 Å². The smallest absolute Gasteiger partial charge is 0.276 e. The zero-order valence-electron chi connectivity index (χ0n) is 15.8. The molecule has 0 saturated carbocycles. The number of benzene rings is 2. The molecule has 0 N–H and O–H groups in total. The summed E-state index contributed by atoms with van der Waals surface area (Å²) < 4.78 is 1.22. The number of hydrogen-bond donors (Lipinski definition) is 0. The summed E-state index contributed by atoms with van der Waals surface area (Å²) in [6, 6.07) is 17.8. The van der Waals surface area contributed by atoms with E-state index in [1.165, 1.54) is 9.50 Å². The van der Waals surface area contributed by atoms with Crippen LogP contribution in [0.1, 0.15) is 15.5 Å². The summed E-state index contributed by atoms with van der Waals surface area (Å²) in [4.78, 5) is 23.2. The van der Waals surface area contributed by atoms with E-state index in [-0.39, 0.29) is 5.91 Å². The van der Waals surface area contributed by atoms with Gasteiger partial charge >= 0.3 is 0 Å². The molecular formula is C21H20N6OS. The van der Waals surface area contributed by atoms with Gasteiger partial charge in [0, 0.05) is 26.2 Å². The molecule has 8 heteroatoms. The molecule has 0 radical (unpaired) electrons. The van der Waals surface area contributed by atoms with Crippen LogP contribution in [-0.2, 0) is 6.54 Å². The van der Waals surface area contributed by atoms with Crippen LogP contribution in [0.4, 0.5) is 0 Å². The van der Waals surface area contributed by atoms with Crippen molar-refractivity contribution in [3.05, 3.63) is 71.5 Å². The fourth-order valence-electron chi connectivity index (χ4n) is 3.50. The van der Waals surface area contributed by atoms with E-state index in [0.29, 0.717) is 18.8 Å². The molecule has 1 aliphatic rings. The Kier molecular flexibility index (Phi) is 4.79. The minimum Gasteiger partial charge on any atom is -0.335 e. The van der Waals surface area contributed by atoms with Gasteiger partial charge in [0.25, 0.3) is 5.91 Å². The van der Waals surface area contributed by atoms with E-state index < -0.39 is 0 Å². The minimum absolute atomic E-state index is 0.0631. The van der Waals surface area contributed by atoms with Crippen molar-refractivity contribution < 1.29 is 4.79 Å². The van der Waals surface area contributed by atoms with Crippen LogP contribution in [-0.4, -0.2) is 61.9 Å². The Hall–Kier alpha value is -3.10. The Balaban J connectivity index is 1.20. The van der Waals surface area contributed by atoms with Crippen molar-refractivity contribution in [1.29, 1.82) is 0 Å². The van der Waals surface area contributed by atoms with Crippen LogP contribution in [0.3, 0.4) is 0 Å². The van der Waals surface area contributed by atoms with Crippen LogP contribution in [0.25, 0.3) is 15.9 Å². The average molecular weight is 404 g/mol. The van der Waals surface area contributed by atoms with Crippen molar-refractivity contribution >= 4 is 27.5 Å². The van der Waals surface area contributed by atoms with Gasteiger partial charge in [-0.2, -0.15) is 9.90 Å². The zero-order chi connectivity index (χ0) is 19.6. The predicted octanol–water partition coefficient (Wildman–Crippen LogP) is 2.84. The molecule has 146 valence electrons. The number of aromatic nitrogens is 4. The number of nitrogens with zero attached hydrogens (tertiary/aromatic N) is 6. The molecule has 2 aromatic heterocycles. The largest absolute Gasteiger partial charge is 0.335 e. The van der Waals surface area contributed by atoms with Gasteiger partial charge < -0.3 is 4.90 Å². The summed E-state index contributed by atoms with van der Waals surface area (Å²) in [6.45, 7) is 3.85. The number of amides is 1. The summed E-state index contributed by atoms with van der Waals surface area (Å²) in [5.74, 6) is -0.0631. The van der Waals surface area contributed by atoms with Gasteiger partial charge in [-0.05, 0) is 24.3 Å². The summed E-state index contributed by atoms with van der Waals surface area (Å²) in [6.07, 6.45) is 1.54. The molecule has 0 bridgehead atoms. The number of piperazine rings is 1. The van der Waals surface area contributed by atoms with E-state index >= 15 is 0 Å². The van der Waals surface area contributed by atoms with Gasteiger partial charge in [0.15, 0.2) is 5.69 Å². The first-order valence-electron chi connectivity index (χ1n) is 9.60. The molecule has 1 amide bonds. The second-order valence-electron chi connectivity index (χ2n) is 7.00. The van der Waals surface area contributed by atoms with Gasteiger partial charge in [-0.3, -0.25) is 9.69 Å². The van der Waals surface area contributed by atoms with E-state index in [4.69, 9.17) is 4.98 Å². The first-order valence-corrected chi connectivity index (χ1v) is 10.4. The van der Waals surface area contributed by atoms with E-state index in [9.17, 15) is 4.79 Å². The van der Waals surface area contributed by atoms with Gasteiger partial charge in [-0.1, -0.05) is 30.3 Å². The lowest BCUT2D eigenvalue weighted by atomic mass is 10.3. The molecule has 1 aliphatic heterocycles. The third-order valence-electron chi connectivity index (χ3n) is 5.05. The number of para-hydroxylation sites is 2. The zero-order valence-corrected chi connectivity index (χ0v) is 16.6. The normalized spacial score (nSPS) is 15.1. The molecule has 0 unspecified atom stereocenters. The maximum atomic E-state index is 12.8. The Bertz CT molecular complexity index is 1100. The molecule has 0 atom stereocenters. The number of rotatable bonds is 4. The van der Waals surface area contributed by atoms with Crippen molar-refractivity contribution in [2.75, 3.05) is 26.2 Å². The summed E-state index contributed by atoms with van der Waals surface area (Å²) in [7, 11) is 0. The Morgan fingerprint density at radius 2 is 1.72 bits per heavy atom. The van der Waals surface area contributed by atoms with E-state index in [1.807, 2.05) is 47.4 Å². The molecule has 4 aromatic rings. The summed E-state index contributed by atoms with van der Waals surface area (Å²) >= 11 is 1.74.